The average Bonchev–Trinajstić information content (AvgIpc) is 2.75. The molecule has 1 aliphatic heterocycles. The summed E-state index contributed by atoms with van der Waals surface area (Å²) in [6, 6.07) is 9.76. The molecule has 0 amide bonds. The van der Waals surface area contributed by atoms with Gasteiger partial charge in [-0.1, -0.05) is 29.3 Å². The third-order valence-corrected chi connectivity index (χ3v) is 7.89. The van der Waals surface area contributed by atoms with Crippen LogP contribution in [0.5, 0.6) is 5.75 Å². The first-order chi connectivity index (χ1) is 15.3. The van der Waals surface area contributed by atoms with Crippen molar-refractivity contribution < 1.29 is 13.2 Å². The van der Waals surface area contributed by atoms with Crippen LogP contribution in [0.3, 0.4) is 0 Å². The molecule has 170 valence electrons. The van der Waals surface area contributed by atoms with E-state index in [0.29, 0.717) is 61.0 Å². The maximum absolute atomic E-state index is 12.9. The molecular weight excluding hydrogens is 475 g/mol. The van der Waals surface area contributed by atoms with Crippen LogP contribution in [0.25, 0.3) is 10.9 Å². The van der Waals surface area contributed by atoms with Gasteiger partial charge in [0.25, 0.3) is 0 Å². The Hall–Kier alpha value is -2.37. The van der Waals surface area contributed by atoms with Crippen molar-refractivity contribution in [1.29, 1.82) is 0 Å². The first-order valence-corrected chi connectivity index (χ1v) is 12.1. The molecule has 0 bridgehead atoms. The van der Waals surface area contributed by atoms with Crippen molar-refractivity contribution in [3.63, 3.8) is 0 Å². The third kappa shape index (κ3) is 4.69. The van der Waals surface area contributed by atoms with Crippen LogP contribution >= 0.6 is 23.2 Å². The highest BCUT2D eigenvalue weighted by Crippen LogP contribution is 2.29. The highest BCUT2D eigenvalue weighted by atomic mass is 35.5. The molecule has 4 N–H and O–H groups in total. The summed E-state index contributed by atoms with van der Waals surface area (Å²) in [6.07, 6.45) is 0. The van der Waals surface area contributed by atoms with Gasteiger partial charge in [-0.3, -0.25) is 4.90 Å². The van der Waals surface area contributed by atoms with Gasteiger partial charge >= 0.3 is 0 Å². The lowest BCUT2D eigenvalue weighted by Gasteiger charge is -2.33. The molecule has 1 fully saturated rings. The van der Waals surface area contributed by atoms with Crippen molar-refractivity contribution in [3.05, 3.63) is 46.4 Å². The molecule has 3 aromatic rings. The Morgan fingerprint density at radius 2 is 1.75 bits per heavy atom. The molecule has 9 nitrogen and oxygen atoms in total. The van der Waals surface area contributed by atoms with E-state index in [0.717, 1.165) is 0 Å². The number of rotatable bonds is 6. The summed E-state index contributed by atoms with van der Waals surface area (Å²) >= 11 is 11.9. The number of nitrogens with two attached hydrogens (primary N) is 2. The lowest BCUT2D eigenvalue weighted by molar-refractivity contribution is 0.159. The Morgan fingerprint density at radius 1 is 1.00 bits per heavy atom. The van der Waals surface area contributed by atoms with Gasteiger partial charge in [0.1, 0.15) is 18.2 Å². The zero-order valence-electron chi connectivity index (χ0n) is 17.0. The van der Waals surface area contributed by atoms with E-state index in [1.807, 2.05) is 6.07 Å². The largest absolute Gasteiger partial charge is 0.491 e. The van der Waals surface area contributed by atoms with E-state index in [2.05, 4.69) is 14.9 Å². The molecule has 0 radical (unpaired) electrons. The number of piperazine rings is 1. The zero-order chi connectivity index (χ0) is 22.9. The molecule has 2 heterocycles. The van der Waals surface area contributed by atoms with Crippen LogP contribution in [-0.4, -0.2) is 66.9 Å². The number of benzene rings is 2. The van der Waals surface area contributed by atoms with Gasteiger partial charge in [0, 0.05) is 32.7 Å². The van der Waals surface area contributed by atoms with E-state index < -0.39 is 10.0 Å². The van der Waals surface area contributed by atoms with Gasteiger partial charge in [0.05, 0.1) is 25.8 Å². The number of sulfonamides is 1. The fraction of sp³-hybridized carbons (Fsp3) is 0.300. The Labute approximate surface area is 195 Å². The highest BCUT2D eigenvalue weighted by molar-refractivity contribution is 7.89. The molecule has 4 rings (SSSR count). The summed E-state index contributed by atoms with van der Waals surface area (Å²) in [7, 11) is -3.63. The molecule has 0 spiro atoms. The number of aromatic nitrogens is 2. The van der Waals surface area contributed by atoms with E-state index in [1.54, 1.807) is 12.1 Å². The van der Waals surface area contributed by atoms with Crippen LogP contribution in [0, 0.1) is 0 Å². The first-order valence-electron chi connectivity index (χ1n) is 9.88. The van der Waals surface area contributed by atoms with Crippen molar-refractivity contribution in [3.8, 4) is 5.75 Å². The van der Waals surface area contributed by atoms with Gasteiger partial charge in [0.15, 0.2) is 0 Å². The molecule has 32 heavy (non-hydrogen) atoms. The predicted octanol–water partition coefficient (Wildman–Crippen LogP) is 2.49. The van der Waals surface area contributed by atoms with Gasteiger partial charge in [-0.25, -0.2) is 13.4 Å². The maximum atomic E-state index is 12.9. The number of hydrogen-bond donors (Lipinski definition) is 2. The smallest absolute Gasteiger partial charge is 0.243 e. The molecule has 12 heteroatoms. The Bertz CT molecular complexity index is 1250. The van der Waals surface area contributed by atoms with Crippen molar-refractivity contribution in [1.82, 2.24) is 19.2 Å². The van der Waals surface area contributed by atoms with E-state index in [4.69, 9.17) is 39.4 Å². The van der Waals surface area contributed by atoms with Gasteiger partial charge in [-0.15, -0.1) is 0 Å². The molecule has 1 aromatic heterocycles. The summed E-state index contributed by atoms with van der Waals surface area (Å²) in [4.78, 5) is 10.5. The molecule has 0 unspecified atom stereocenters. The standard InChI is InChI=1S/C20H22Cl2N6O3S/c21-14-5-4-13(12-15(14)22)32(29,30)28-8-6-27(7-9-28)10-11-31-17-3-1-2-16-18(17)19(23)26-20(24)25-16/h1-5,12H,6-11H2,(H4,23,24,25,26). The number of anilines is 2. The minimum atomic E-state index is -3.63. The second-order valence-electron chi connectivity index (χ2n) is 7.29. The Kier molecular flexibility index (Phi) is 6.59. The predicted molar refractivity (Wildman–Crippen MR) is 126 cm³/mol. The number of hydrogen-bond acceptors (Lipinski definition) is 8. The fourth-order valence-corrected chi connectivity index (χ4v) is 5.39. The fourth-order valence-electron chi connectivity index (χ4n) is 3.58. The number of ether oxygens (including phenoxy) is 1. The number of nitrogen functional groups attached to an aromatic ring is 2. The summed E-state index contributed by atoms with van der Waals surface area (Å²) < 4.78 is 33.2. The number of fused-ring (bicyclic) bond motifs is 1. The van der Waals surface area contributed by atoms with Crippen molar-refractivity contribution in [2.24, 2.45) is 0 Å². The highest BCUT2D eigenvalue weighted by Gasteiger charge is 2.28. The van der Waals surface area contributed by atoms with Crippen LogP contribution < -0.4 is 16.2 Å². The quantitative estimate of drug-likeness (QED) is 0.532. The zero-order valence-corrected chi connectivity index (χ0v) is 19.4. The summed E-state index contributed by atoms with van der Waals surface area (Å²) in [6.45, 7) is 2.95. The average molecular weight is 497 g/mol. The van der Waals surface area contributed by atoms with Crippen molar-refractivity contribution in [2.75, 3.05) is 50.8 Å². The number of halogens is 2. The Balaban J connectivity index is 1.34. The second kappa shape index (κ2) is 9.24. The normalized spacial score (nSPS) is 15.8. The SMILES string of the molecule is Nc1nc(N)c2c(OCCN3CCN(S(=O)(=O)c4ccc(Cl)c(Cl)c4)CC3)cccc2n1. The van der Waals surface area contributed by atoms with Crippen LogP contribution in [0.4, 0.5) is 11.8 Å². The topological polar surface area (TPSA) is 128 Å². The van der Waals surface area contributed by atoms with E-state index >= 15 is 0 Å². The summed E-state index contributed by atoms with van der Waals surface area (Å²) in [5, 5.41) is 1.16. The van der Waals surface area contributed by atoms with Crippen LogP contribution in [0.15, 0.2) is 41.3 Å². The third-order valence-electron chi connectivity index (χ3n) is 5.26. The lowest BCUT2D eigenvalue weighted by atomic mass is 10.2. The molecule has 0 aliphatic carbocycles. The molecule has 0 saturated carbocycles. The van der Waals surface area contributed by atoms with E-state index in [-0.39, 0.29) is 21.7 Å². The number of nitrogens with zero attached hydrogens (tertiary/aromatic N) is 4. The van der Waals surface area contributed by atoms with Crippen LogP contribution in [-0.2, 0) is 10.0 Å². The van der Waals surface area contributed by atoms with Gasteiger partial charge < -0.3 is 16.2 Å². The van der Waals surface area contributed by atoms with Crippen LogP contribution in [0.2, 0.25) is 10.0 Å². The van der Waals surface area contributed by atoms with Gasteiger partial charge in [-0.05, 0) is 30.3 Å². The minimum Gasteiger partial charge on any atom is -0.491 e. The van der Waals surface area contributed by atoms with E-state index in [1.165, 1.54) is 22.5 Å². The van der Waals surface area contributed by atoms with Crippen molar-refractivity contribution in [2.45, 2.75) is 4.90 Å². The molecule has 1 saturated heterocycles. The molecule has 1 aliphatic rings. The lowest BCUT2D eigenvalue weighted by Crippen LogP contribution is -2.49. The monoisotopic (exact) mass is 496 g/mol. The van der Waals surface area contributed by atoms with Gasteiger partial charge in [-0.2, -0.15) is 9.29 Å². The Morgan fingerprint density at radius 3 is 2.47 bits per heavy atom. The van der Waals surface area contributed by atoms with Crippen molar-refractivity contribution >= 4 is 55.9 Å². The molecule has 2 aromatic carbocycles. The first kappa shape index (κ1) is 22.8. The summed E-state index contributed by atoms with van der Waals surface area (Å²) in [5.41, 5.74) is 12.3. The minimum absolute atomic E-state index is 0.112. The molecular formula is C20H22Cl2N6O3S. The van der Waals surface area contributed by atoms with Gasteiger partial charge in [0.2, 0.25) is 16.0 Å². The second-order valence-corrected chi connectivity index (χ2v) is 10.0. The summed E-state index contributed by atoms with van der Waals surface area (Å²) in [5.74, 6) is 0.964. The maximum Gasteiger partial charge on any atom is 0.243 e. The van der Waals surface area contributed by atoms with Crippen LogP contribution in [0.1, 0.15) is 0 Å². The molecule has 0 atom stereocenters. The van der Waals surface area contributed by atoms with E-state index in [9.17, 15) is 8.42 Å².